The van der Waals surface area contributed by atoms with E-state index in [1.165, 1.54) is 9.47 Å². The van der Waals surface area contributed by atoms with Gasteiger partial charge in [-0.1, -0.05) is 30.3 Å². The summed E-state index contributed by atoms with van der Waals surface area (Å²) in [5.74, 6) is -0.356. The number of nitrogens with zero attached hydrogens (tertiary/aromatic N) is 3. The molecule has 1 aromatic heterocycles. The van der Waals surface area contributed by atoms with E-state index in [1.807, 2.05) is 18.2 Å². The molecule has 0 radical (unpaired) electrons. The minimum atomic E-state index is -1.64. The number of rotatable bonds is 0. The second-order valence-electron chi connectivity index (χ2n) is 7.17. The predicted molar refractivity (Wildman–Crippen MR) is 107 cm³/mol. The topological polar surface area (TPSA) is 101 Å². The minimum absolute atomic E-state index is 0.0702. The molecule has 1 unspecified atom stereocenters. The fourth-order valence-electron chi connectivity index (χ4n) is 4.56. The lowest BCUT2D eigenvalue weighted by molar-refractivity contribution is -0.120. The third-order valence-corrected chi connectivity index (χ3v) is 5.87. The molecular formula is C22H16N4O3. The van der Waals surface area contributed by atoms with Gasteiger partial charge in [0.25, 0.3) is 5.56 Å². The van der Waals surface area contributed by atoms with Crippen LogP contribution < -0.4 is 20.9 Å². The number of likely N-dealkylation sites (N-methyl/N-ethyl adjacent to an activating group) is 1. The molecule has 1 amide bonds. The zero-order valence-electron chi connectivity index (χ0n) is 15.8. The Hall–Kier alpha value is -4.05. The van der Waals surface area contributed by atoms with Crippen LogP contribution in [0, 0.1) is 11.3 Å². The quantitative estimate of drug-likeness (QED) is 0.638. The van der Waals surface area contributed by atoms with Gasteiger partial charge in [0, 0.05) is 30.7 Å². The number of para-hydroxylation sites is 2. The first-order valence-electron chi connectivity index (χ1n) is 9.02. The summed E-state index contributed by atoms with van der Waals surface area (Å²) in [6.07, 6.45) is 0. The van der Waals surface area contributed by atoms with E-state index in [4.69, 9.17) is 10.5 Å². The average molecular weight is 384 g/mol. The number of nitrogens with two attached hydrogens (primary N) is 1. The number of benzene rings is 2. The number of aryl methyl sites for hydroxylation is 1. The number of fused-ring (bicyclic) bond motifs is 6. The first kappa shape index (κ1) is 17.1. The van der Waals surface area contributed by atoms with Crippen molar-refractivity contribution in [2.24, 2.45) is 12.8 Å². The van der Waals surface area contributed by atoms with Crippen LogP contribution in [0.3, 0.4) is 0 Å². The highest BCUT2D eigenvalue weighted by atomic mass is 16.5. The molecule has 0 fully saturated rings. The monoisotopic (exact) mass is 384 g/mol. The maximum absolute atomic E-state index is 13.7. The van der Waals surface area contributed by atoms with Gasteiger partial charge in [0.1, 0.15) is 17.4 Å². The molecule has 2 aromatic carbocycles. The lowest BCUT2D eigenvalue weighted by atomic mass is 9.69. The molecule has 0 saturated heterocycles. The molecule has 2 aliphatic heterocycles. The van der Waals surface area contributed by atoms with Gasteiger partial charge in [-0.3, -0.25) is 9.59 Å². The van der Waals surface area contributed by atoms with Gasteiger partial charge in [0.15, 0.2) is 5.41 Å². The number of pyridine rings is 1. The lowest BCUT2D eigenvalue weighted by Gasteiger charge is -2.34. The molecule has 0 bridgehead atoms. The van der Waals surface area contributed by atoms with Crippen molar-refractivity contribution in [3.8, 4) is 11.8 Å². The summed E-state index contributed by atoms with van der Waals surface area (Å²) >= 11 is 0. The number of carbonyl (C=O) groups is 1. The van der Waals surface area contributed by atoms with Gasteiger partial charge in [-0.15, -0.1) is 0 Å². The average Bonchev–Trinajstić information content (AvgIpc) is 2.95. The zero-order valence-corrected chi connectivity index (χ0v) is 15.8. The van der Waals surface area contributed by atoms with Gasteiger partial charge in [-0.25, -0.2) is 0 Å². The van der Waals surface area contributed by atoms with Gasteiger partial charge in [0.05, 0.1) is 11.1 Å². The summed E-state index contributed by atoms with van der Waals surface area (Å²) in [6, 6.07) is 16.4. The maximum atomic E-state index is 13.7. The highest BCUT2D eigenvalue weighted by molar-refractivity contribution is 6.14. The first-order valence-corrected chi connectivity index (χ1v) is 9.02. The lowest BCUT2D eigenvalue weighted by Crippen LogP contribution is -2.49. The number of anilines is 1. The third-order valence-electron chi connectivity index (χ3n) is 5.87. The minimum Gasteiger partial charge on any atom is -0.439 e. The molecule has 1 spiro atoms. The van der Waals surface area contributed by atoms with E-state index >= 15 is 0 Å². The number of amides is 1. The van der Waals surface area contributed by atoms with E-state index in [0.29, 0.717) is 22.2 Å². The number of aromatic nitrogens is 1. The van der Waals surface area contributed by atoms with Crippen LogP contribution >= 0.6 is 0 Å². The summed E-state index contributed by atoms with van der Waals surface area (Å²) in [5.41, 5.74) is 5.97. The van der Waals surface area contributed by atoms with Crippen molar-refractivity contribution in [3.63, 3.8) is 0 Å². The number of carbonyl (C=O) groups excluding carboxylic acids is 1. The summed E-state index contributed by atoms with van der Waals surface area (Å²) in [7, 11) is 3.27. The van der Waals surface area contributed by atoms with Crippen LogP contribution in [0.4, 0.5) is 5.69 Å². The van der Waals surface area contributed by atoms with E-state index in [1.54, 1.807) is 50.5 Å². The molecule has 3 heterocycles. The maximum Gasteiger partial charge on any atom is 0.259 e. The van der Waals surface area contributed by atoms with E-state index in [9.17, 15) is 14.9 Å². The molecular weight excluding hydrogens is 368 g/mol. The van der Waals surface area contributed by atoms with Crippen molar-refractivity contribution in [1.29, 1.82) is 5.26 Å². The Bertz CT molecular complexity index is 1380. The Kier molecular flexibility index (Phi) is 3.23. The van der Waals surface area contributed by atoms with Gasteiger partial charge in [0.2, 0.25) is 11.8 Å². The molecule has 29 heavy (non-hydrogen) atoms. The number of ether oxygens (including phenoxy) is 1. The van der Waals surface area contributed by atoms with E-state index in [2.05, 4.69) is 0 Å². The molecule has 3 aromatic rings. The molecule has 0 saturated carbocycles. The SMILES string of the molecule is CN1C(=O)C2(C(C#N)=C(N)Oc3c2c(=O)n(C)c2ccccc32)c2ccccc21. The number of hydrogen-bond acceptors (Lipinski definition) is 5. The molecule has 1 atom stereocenters. The standard InChI is InChI=1S/C22H16N4O3/c1-25-15-9-5-3-7-12(15)18-17(20(25)27)22(14(11-23)19(24)29-18)13-8-4-6-10-16(13)26(2)21(22)28/h3-10H,24H2,1-2H3. The van der Waals surface area contributed by atoms with Crippen molar-refractivity contribution in [1.82, 2.24) is 4.57 Å². The Labute approximate surface area is 165 Å². The van der Waals surface area contributed by atoms with E-state index in [0.717, 1.165) is 0 Å². The third kappa shape index (κ3) is 1.81. The summed E-state index contributed by atoms with van der Waals surface area (Å²) in [6.45, 7) is 0. The van der Waals surface area contributed by atoms with Crippen LogP contribution in [-0.2, 0) is 17.3 Å². The normalized spacial score (nSPS) is 19.9. The van der Waals surface area contributed by atoms with Gasteiger partial charge >= 0.3 is 0 Å². The Balaban J connectivity index is 2.07. The predicted octanol–water partition coefficient (Wildman–Crippen LogP) is 1.89. The summed E-state index contributed by atoms with van der Waals surface area (Å²) in [4.78, 5) is 28.7. The fourth-order valence-corrected chi connectivity index (χ4v) is 4.56. The fraction of sp³-hybridized carbons (Fsp3) is 0.136. The molecule has 7 heteroatoms. The number of hydrogen-bond donors (Lipinski definition) is 1. The van der Waals surface area contributed by atoms with Crippen LogP contribution in [0.25, 0.3) is 10.9 Å². The smallest absolute Gasteiger partial charge is 0.259 e. The van der Waals surface area contributed by atoms with Crippen molar-refractivity contribution in [3.05, 3.63) is 81.5 Å². The van der Waals surface area contributed by atoms with Crippen LogP contribution in [0.1, 0.15) is 11.1 Å². The highest BCUT2D eigenvalue weighted by Crippen LogP contribution is 2.54. The highest BCUT2D eigenvalue weighted by Gasteiger charge is 2.60. The molecule has 5 rings (SSSR count). The van der Waals surface area contributed by atoms with Crippen molar-refractivity contribution in [2.75, 3.05) is 11.9 Å². The summed E-state index contributed by atoms with van der Waals surface area (Å²) in [5, 5.41) is 10.6. The Morgan fingerprint density at radius 3 is 2.52 bits per heavy atom. The molecule has 7 nitrogen and oxygen atoms in total. The van der Waals surface area contributed by atoms with Crippen molar-refractivity contribution < 1.29 is 9.53 Å². The molecule has 2 aliphatic rings. The van der Waals surface area contributed by atoms with Crippen LogP contribution in [0.5, 0.6) is 5.75 Å². The van der Waals surface area contributed by atoms with Crippen LogP contribution in [-0.4, -0.2) is 17.5 Å². The van der Waals surface area contributed by atoms with E-state index < -0.39 is 16.9 Å². The van der Waals surface area contributed by atoms with Crippen molar-refractivity contribution >= 4 is 22.5 Å². The molecule has 2 N–H and O–H groups in total. The van der Waals surface area contributed by atoms with Crippen molar-refractivity contribution in [2.45, 2.75) is 5.41 Å². The van der Waals surface area contributed by atoms with Gasteiger partial charge in [-0.2, -0.15) is 5.26 Å². The number of nitriles is 1. The Morgan fingerprint density at radius 2 is 1.76 bits per heavy atom. The summed E-state index contributed by atoms with van der Waals surface area (Å²) < 4.78 is 7.30. The van der Waals surface area contributed by atoms with E-state index in [-0.39, 0.29) is 22.8 Å². The first-order chi connectivity index (χ1) is 13.9. The van der Waals surface area contributed by atoms with Gasteiger partial charge < -0.3 is 19.9 Å². The molecule has 0 aliphatic carbocycles. The van der Waals surface area contributed by atoms with Crippen LogP contribution in [0.15, 0.2) is 64.8 Å². The Morgan fingerprint density at radius 1 is 1.07 bits per heavy atom. The largest absolute Gasteiger partial charge is 0.439 e. The molecule has 142 valence electrons. The van der Waals surface area contributed by atoms with Crippen LogP contribution in [0.2, 0.25) is 0 Å². The zero-order chi connectivity index (χ0) is 20.5. The van der Waals surface area contributed by atoms with Gasteiger partial charge in [-0.05, 0) is 18.2 Å². The second-order valence-corrected chi connectivity index (χ2v) is 7.17. The second kappa shape index (κ2) is 5.49.